The van der Waals surface area contributed by atoms with Crippen LogP contribution in [-0.4, -0.2) is 6.77 Å². The van der Waals surface area contributed by atoms with Gasteiger partial charge in [-0.2, -0.15) is 1.37 Å². The maximum absolute atomic E-state index is 8.35. The normalized spacial score (nSPS) is 7.20. The van der Waals surface area contributed by atoms with Crippen LogP contribution >= 0.6 is 19.2 Å². The molecule has 0 radical (unpaired) electrons. The summed E-state index contributed by atoms with van der Waals surface area (Å²) in [6.45, 7) is 0.750. The molecule has 0 aromatic heterocycles. The van der Waals surface area contributed by atoms with Gasteiger partial charge in [0.2, 0.25) is 0 Å². The van der Waals surface area contributed by atoms with Crippen LogP contribution in [0.1, 0.15) is 1.37 Å². The molecule has 0 saturated carbocycles. The van der Waals surface area contributed by atoms with Crippen molar-refractivity contribution in [2.75, 3.05) is 0 Å². The van der Waals surface area contributed by atoms with E-state index in [0.717, 1.165) is 6.77 Å². The zero-order valence-electron chi connectivity index (χ0n) is 3.00. The SMILES string of the molecule is [2H][C-]=O.[Cl][Ir+][Cl]. The van der Waals surface area contributed by atoms with E-state index in [1.165, 1.54) is 0 Å². The Morgan fingerprint density at radius 2 is 2.00 bits per heavy atom. The third-order valence-electron chi connectivity index (χ3n) is 0. The molecule has 0 rings (SSSR count). The van der Waals surface area contributed by atoms with Crippen molar-refractivity contribution in [2.45, 2.75) is 0 Å². The van der Waals surface area contributed by atoms with Crippen LogP contribution in [0.4, 0.5) is 0 Å². The van der Waals surface area contributed by atoms with Gasteiger partial charge in [0, 0.05) is 0 Å². The van der Waals surface area contributed by atoms with E-state index in [9.17, 15) is 0 Å². The zero-order chi connectivity index (χ0) is 5.41. The maximum atomic E-state index is 8.35. The van der Waals surface area contributed by atoms with Gasteiger partial charge in [-0.3, -0.25) is 6.77 Å². The Bertz CT molecular complexity index is 27.5. The molecule has 0 aromatic rings. The van der Waals surface area contributed by atoms with Crippen molar-refractivity contribution in [1.29, 1.82) is 0 Å². The van der Waals surface area contributed by atoms with E-state index in [-0.39, 0.29) is 0 Å². The number of halogens is 2. The van der Waals surface area contributed by atoms with Crippen molar-refractivity contribution in [2.24, 2.45) is 0 Å². The summed E-state index contributed by atoms with van der Waals surface area (Å²) in [7, 11) is 9.78. The fraction of sp³-hybridized carbons (Fsp3) is 0. The van der Waals surface area contributed by atoms with Crippen LogP contribution in [0, 0.1) is 0 Å². The van der Waals surface area contributed by atoms with Gasteiger partial charge in [-0.15, -0.1) is 0 Å². The van der Waals surface area contributed by atoms with Crippen molar-refractivity contribution in [3.8, 4) is 0 Å². The van der Waals surface area contributed by atoms with Crippen LogP contribution < -0.4 is 0 Å². The van der Waals surface area contributed by atoms with E-state index in [1.54, 1.807) is 0 Å². The summed E-state index contributed by atoms with van der Waals surface area (Å²) >= 11 is -0.556. The first-order valence-corrected chi connectivity index (χ1v) is 6.39. The molecule has 0 aromatic carbocycles. The Balaban J connectivity index is 0. The van der Waals surface area contributed by atoms with E-state index in [1.807, 2.05) is 0 Å². The Morgan fingerprint density at radius 1 is 2.00 bits per heavy atom. The average Bonchev–Trinajstić information content (AvgIpc) is 1.39. The monoisotopic (exact) mass is 293 g/mol. The van der Waals surface area contributed by atoms with Gasteiger partial charge in [0.05, 0.1) is 0 Å². The number of rotatable bonds is 0. The van der Waals surface area contributed by atoms with Gasteiger partial charge in [-0.25, -0.2) is 0 Å². The molecule has 1 nitrogen and oxygen atoms in total. The molecule has 0 heterocycles. The first-order valence-electron chi connectivity index (χ1n) is 0.956. The number of hydrogen-bond donors (Lipinski definition) is 0. The third-order valence-corrected chi connectivity index (χ3v) is 0. The summed E-state index contributed by atoms with van der Waals surface area (Å²) in [4.78, 5) is 8.35. The Morgan fingerprint density at radius 3 is 2.00 bits per heavy atom. The predicted octanol–water partition coefficient (Wildman–Crippen LogP) is 1.10. The van der Waals surface area contributed by atoms with Crippen LogP contribution in [0.5, 0.6) is 0 Å². The second kappa shape index (κ2) is 20.6. The summed E-state index contributed by atoms with van der Waals surface area (Å²) in [5, 5.41) is 0. The predicted molar refractivity (Wildman–Crippen MR) is 18.5 cm³/mol. The van der Waals surface area contributed by atoms with E-state index >= 15 is 0 Å². The summed E-state index contributed by atoms with van der Waals surface area (Å²) in [6.07, 6.45) is 0. The van der Waals surface area contributed by atoms with Gasteiger partial charge in [0.15, 0.2) is 0 Å². The van der Waals surface area contributed by atoms with Gasteiger partial charge in [0.25, 0.3) is 0 Å². The molecular weight excluding hydrogens is 291 g/mol. The summed E-state index contributed by atoms with van der Waals surface area (Å²) in [5.74, 6) is 0. The topological polar surface area (TPSA) is 17.1 Å². The molecule has 0 atom stereocenters. The molecular formula is CHCl2IrO. The van der Waals surface area contributed by atoms with E-state index < -0.39 is 15.7 Å². The third kappa shape index (κ3) is 50.9. The minimum absolute atomic E-state index is 0.556. The Hall–Kier alpha value is 0.899. The summed E-state index contributed by atoms with van der Waals surface area (Å²) < 4.78 is 5.40. The van der Waals surface area contributed by atoms with Crippen LogP contribution in [0.25, 0.3) is 0 Å². The van der Waals surface area contributed by atoms with Crippen molar-refractivity contribution in [3.05, 3.63) is 0 Å². The van der Waals surface area contributed by atoms with Crippen molar-refractivity contribution >= 4 is 25.9 Å². The standard InChI is InChI=1S/CHO.2ClH.Ir/c1-2;;;/h1H;2*1H;/q-1;;;+3/p-2/i1D;;;. The summed E-state index contributed by atoms with van der Waals surface area (Å²) in [5.41, 5.74) is 0. The molecule has 0 spiro atoms. The molecule has 0 saturated heterocycles. The van der Waals surface area contributed by atoms with E-state index in [0.29, 0.717) is 0 Å². The molecule has 0 fully saturated rings. The van der Waals surface area contributed by atoms with Crippen LogP contribution in [-0.2, 0) is 20.5 Å². The first kappa shape index (κ1) is 5.90. The van der Waals surface area contributed by atoms with E-state index in [4.69, 9.17) is 25.3 Å². The minimum atomic E-state index is -0.556. The number of carbonyl (C=O) groups excluding carboxylic acids is 1. The molecule has 0 unspecified atom stereocenters. The fourth-order valence-electron chi connectivity index (χ4n) is 0. The Kier molecular flexibility index (Phi) is 24.4. The molecule has 0 aliphatic heterocycles. The molecule has 0 bridgehead atoms. The van der Waals surface area contributed by atoms with Gasteiger partial charge >= 0.3 is 34.8 Å². The van der Waals surface area contributed by atoms with Gasteiger partial charge in [0.1, 0.15) is 0 Å². The molecule has 0 aliphatic carbocycles. The van der Waals surface area contributed by atoms with Crippen molar-refractivity contribution in [3.63, 3.8) is 0 Å². The fourth-order valence-corrected chi connectivity index (χ4v) is 0. The Labute approximate surface area is 48.0 Å². The first-order chi connectivity index (χ1) is 2.83. The van der Waals surface area contributed by atoms with Crippen molar-refractivity contribution in [1.82, 2.24) is 0 Å². The molecule has 5 heavy (non-hydrogen) atoms. The van der Waals surface area contributed by atoms with E-state index in [2.05, 4.69) is 0 Å². The quantitative estimate of drug-likeness (QED) is 0.483. The second-order valence-corrected chi connectivity index (χ2v) is 3.51. The van der Waals surface area contributed by atoms with Crippen LogP contribution in [0.3, 0.4) is 0 Å². The molecule has 34 valence electrons. The van der Waals surface area contributed by atoms with Crippen LogP contribution in [0.15, 0.2) is 0 Å². The average molecular weight is 293 g/mol. The summed E-state index contributed by atoms with van der Waals surface area (Å²) in [6, 6.07) is 0. The van der Waals surface area contributed by atoms with Crippen molar-refractivity contribution < 1.29 is 21.8 Å². The van der Waals surface area contributed by atoms with Gasteiger partial charge in [-0.1, -0.05) is 0 Å². The molecule has 0 N–H and O–H groups in total. The molecule has 0 amide bonds. The zero-order valence-corrected chi connectivity index (χ0v) is 5.90. The van der Waals surface area contributed by atoms with Gasteiger partial charge < -0.3 is 4.79 Å². The second-order valence-electron chi connectivity index (χ2n) is 0.0476. The number of hydrogen-bond acceptors (Lipinski definition) is 1. The van der Waals surface area contributed by atoms with Crippen LogP contribution in [0.2, 0.25) is 0 Å². The molecule has 4 heteroatoms. The van der Waals surface area contributed by atoms with Gasteiger partial charge in [-0.05, 0) is 0 Å². The molecule has 0 aliphatic rings.